The van der Waals surface area contributed by atoms with Gasteiger partial charge in [0.15, 0.2) is 15.6 Å². The van der Waals surface area contributed by atoms with E-state index in [1.807, 2.05) is 0 Å². The highest BCUT2D eigenvalue weighted by Gasteiger charge is 2.35. The molecule has 0 aliphatic heterocycles. The lowest BCUT2D eigenvalue weighted by molar-refractivity contribution is -0.106. The van der Waals surface area contributed by atoms with Gasteiger partial charge in [-0.15, -0.1) is 0 Å². The van der Waals surface area contributed by atoms with Gasteiger partial charge < -0.3 is 5.32 Å². The van der Waals surface area contributed by atoms with Crippen molar-refractivity contribution >= 4 is 33.0 Å². The van der Waals surface area contributed by atoms with Gasteiger partial charge in [0, 0.05) is 16.3 Å². The Morgan fingerprint density at radius 3 is 2.28 bits per heavy atom. The Balaban J connectivity index is 2.19. The van der Waals surface area contributed by atoms with Gasteiger partial charge in [0.2, 0.25) is 0 Å². The van der Waals surface area contributed by atoms with Gasteiger partial charge >= 0.3 is 6.18 Å². The predicted octanol–water partition coefficient (Wildman–Crippen LogP) is 4.24. The zero-order chi connectivity index (χ0) is 18.8. The Morgan fingerprint density at radius 2 is 1.72 bits per heavy atom. The van der Waals surface area contributed by atoms with Crippen LogP contribution in [0.15, 0.2) is 47.4 Å². The van der Waals surface area contributed by atoms with Crippen LogP contribution in [0.4, 0.5) is 18.9 Å². The molecular weight excluding hydrogens is 379 g/mol. The third-order valence-electron chi connectivity index (χ3n) is 3.28. The van der Waals surface area contributed by atoms with Crippen LogP contribution in [-0.2, 0) is 9.84 Å². The Morgan fingerprint density at radius 1 is 1.12 bits per heavy atom. The van der Waals surface area contributed by atoms with E-state index in [4.69, 9.17) is 11.6 Å². The Hall–Kier alpha value is -2.06. The van der Waals surface area contributed by atoms with Gasteiger partial charge in [-0.05, 0) is 48.9 Å². The fraction of sp³-hybridized carbons (Fsp3) is 0.188. The summed E-state index contributed by atoms with van der Waals surface area (Å²) in [5.41, 5.74) is 1.35. The molecule has 0 heterocycles. The molecule has 9 heteroatoms. The van der Waals surface area contributed by atoms with Gasteiger partial charge in [-0.25, -0.2) is 8.42 Å². The quantitative estimate of drug-likeness (QED) is 0.848. The number of benzene rings is 2. The zero-order valence-corrected chi connectivity index (χ0v) is 14.5. The summed E-state index contributed by atoms with van der Waals surface area (Å²) < 4.78 is 60.2. The molecule has 0 saturated heterocycles. The molecular formula is C16H13ClF3NO3S. The monoisotopic (exact) mass is 391 g/mol. The van der Waals surface area contributed by atoms with Crippen LogP contribution in [-0.4, -0.2) is 26.3 Å². The molecule has 0 unspecified atom stereocenters. The van der Waals surface area contributed by atoms with E-state index in [9.17, 15) is 26.4 Å². The van der Waals surface area contributed by atoms with E-state index < -0.39 is 32.6 Å². The number of rotatable bonds is 4. The van der Waals surface area contributed by atoms with Crippen molar-refractivity contribution in [3.63, 3.8) is 0 Å². The van der Waals surface area contributed by atoms with Crippen LogP contribution >= 0.6 is 11.6 Å². The maximum atomic E-state index is 12.3. The molecule has 0 spiro atoms. The number of alkyl halides is 3. The van der Waals surface area contributed by atoms with Crippen LogP contribution in [0, 0.1) is 6.92 Å². The summed E-state index contributed by atoms with van der Waals surface area (Å²) in [5, 5.41) is 3.04. The summed E-state index contributed by atoms with van der Waals surface area (Å²) in [7, 11) is -4.51. The number of hydrogen-bond acceptors (Lipinski definition) is 3. The number of nitrogens with one attached hydrogen (secondary N) is 1. The van der Waals surface area contributed by atoms with Gasteiger partial charge in [-0.2, -0.15) is 13.2 Å². The standard InChI is InChI=1S/C16H13ClF3NO3S/c1-10-2-5-12(17)8-14(10)21-15(22)11-3-6-13(7-4-11)25(23,24)9-16(18,19)20/h2-8H,9H2,1H3,(H,21,22). The van der Waals surface area contributed by atoms with Gasteiger partial charge in [-0.1, -0.05) is 17.7 Å². The Labute approximate surface area is 147 Å². The first-order valence-corrected chi connectivity index (χ1v) is 8.98. The molecule has 0 aromatic heterocycles. The molecule has 2 rings (SSSR count). The molecule has 0 aliphatic rings. The van der Waals surface area contributed by atoms with E-state index in [0.717, 1.165) is 29.8 Å². The first-order valence-electron chi connectivity index (χ1n) is 6.95. The number of aryl methyl sites for hydroxylation is 1. The van der Waals surface area contributed by atoms with Crippen molar-refractivity contribution in [2.24, 2.45) is 0 Å². The summed E-state index contributed by atoms with van der Waals surface area (Å²) in [4.78, 5) is 11.7. The Bertz CT molecular complexity index is 894. The highest BCUT2D eigenvalue weighted by atomic mass is 35.5. The lowest BCUT2D eigenvalue weighted by Gasteiger charge is -2.10. The zero-order valence-electron chi connectivity index (χ0n) is 12.9. The van der Waals surface area contributed by atoms with Crippen LogP contribution in [0.25, 0.3) is 0 Å². The second kappa shape index (κ2) is 7.05. The summed E-state index contributed by atoms with van der Waals surface area (Å²) in [6.07, 6.45) is -4.83. The number of sulfone groups is 1. The molecule has 0 radical (unpaired) electrons. The number of carbonyl (C=O) groups is 1. The molecule has 1 N–H and O–H groups in total. The molecule has 4 nitrogen and oxygen atoms in total. The fourth-order valence-corrected chi connectivity index (χ4v) is 3.36. The first kappa shape index (κ1) is 19.3. The van der Waals surface area contributed by atoms with E-state index in [2.05, 4.69) is 5.32 Å². The molecule has 1 amide bonds. The predicted molar refractivity (Wildman–Crippen MR) is 88.7 cm³/mol. The normalized spacial score (nSPS) is 12.0. The third-order valence-corrected chi connectivity index (χ3v) is 5.21. The molecule has 0 atom stereocenters. The lowest BCUT2D eigenvalue weighted by Crippen LogP contribution is -2.23. The average Bonchev–Trinajstić information content (AvgIpc) is 2.48. The second-order valence-electron chi connectivity index (χ2n) is 5.31. The van der Waals surface area contributed by atoms with Crippen LogP contribution in [0.2, 0.25) is 5.02 Å². The minimum atomic E-state index is -4.83. The maximum absolute atomic E-state index is 12.3. The summed E-state index contributed by atoms with van der Waals surface area (Å²) in [5.74, 6) is -2.49. The van der Waals surface area contributed by atoms with Crippen LogP contribution in [0.1, 0.15) is 15.9 Å². The number of halogens is 4. The lowest BCUT2D eigenvalue weighted by atomic mass is 10.1. The minimum absolute atomic E-state index is 0.102. The maximum Gasteiger partial charge on any atom is 0.403 e. The molecule has 2 aromatic rings. The number of carbonyl (C=O) groups excluding carboxylic acids is 1. The van der Waals surface area contributed by atoms with Crippen molar-refractivity contribution < 1.29 is 26.4 Å². The highest BCUT2D eigenvalue weighted by molar-refractivity contribution is 7.91. The SMILES string of the molecule is Cc1ccc(Cl)cc1NC(=O)c1ccc(S(=O)(=O)CC(F)(F)F)cc1. The average molecular weight is 392 g/mol. The molecule has 2 aromatic carbocycles. The van der Waals surface area contributed by atoms with Gasteiger partial charge in [0.1, 0.15) is 0 Å². The van der Waals surface area contributed by atoms with Gasteiger partial charge in [0.25, 0.3) is 5.91 Å². The van der Waals surface area contributed by atoms with E-state index in [-0.39, 0.29) is 5.56 Å². The van der Waals surface area contributed by atoms with Crippen molar-refractivity contribution in [1.29, 1.82) is 0 Å². The molecule has 0 fully saturated rings. The molecule has 25 heavy (non-hydrogen) atoms. The van der Waals surface area contributed by atoms with Crippen molar-refractivity contribution in [3.05, 3.63) is 58.6 Å². The van der Waals surface area contributed by atoms with Crippen LogP contribution in [0.3, 0.4) is 0 Å². The van der Waals surface area contributed by atoms with E-state index in [1.165, 1.54) is 0 Å². The number of amides is 1. The van der Waals surface area contributed by atoms with Gasteiger partial charge in [0.05, 0.1) is 4.90 Å². The largest absolute Gasteiger partial charge is 0.403 e. The first-order chi connectivity index (χ1) is 11.5. The summed E-state index contributed by atoms with van der Waals surface area (Å²) in [6.45, 7) is 1.76. The topological polar surface area (TPSA) is 63.2 Å². The Kier molecular flexibility index (Phi) is 5.43. The smallest absolute Gasteiger partial charge is 0.322 e. The molecule has 134 valence electrons. The minimum Gasteiger partial charge on any atom is -0.322 e. The summed E-state index contributed by atoms with van der Waals surface area (Å²) >= 11 is 5.86. The van der Waals surface area contributed by atoms with E-state index >= 15 is 0 Å². The van der Waals surface area contributed by atoms with E-state index in [1.54, 1.807) is 25.1 Å². The van der Waals surface area contributed by atoms with Crippen molar-refractivity contribution in [2.75, 3.05) is 11.1 Å². The second-order valence-corrected chi connectivity index (χ2v) is 7.74. The van der Waals surface area contributed by atoms with Crippen LogP contribution < -0.4 is 5.32 Å². The molecule has 0 saturated carbocycles. The number of anilines is 1. The van der Waals surface area contributed by atoms with E-state index in [0.29, 0.717) is 10.7 Å². The highest BCUT2D eigenvalue weighted by Crippen LogP contribution is 2.24. The summed E-state index contributed by atoms with van der Waals surface area (Å²) in [6, 6.07) is 9.17. The third kappa shape index (κ3) is 5.20. The van der Waals surface area contributed by atoms with Crippen molar-refractivity contribution in [3.8, 4) is 0 Å². The van der Waals surface area contributed by atoms with Crippen molar-refractivity contribution in [1.82, 2.24) is 0 Å². The number of hydrogen-bond donors (Lipinski definition) is 1. The molecule has 0 bridgehead atoms. The van der Waals surface area contributed by atoms with Crippen molar-refractivity contribution in [2.45, 2.75) is 18.0 Å². The van der Waals surface area contributed by atoms with Crippen LogP contribution in [0.5, 0.6) is 0 Å². The van der Waals surface area contributed by atoms with Gasteiger partial charge in [-0.3, -0.25) is 4.79 Å². The molecule has 0 aliphatic carbocycles. The fourth-order valence-electron chi connectivity index (χ4n) is 2.04.